The molecule has 1 N–H and O–H groups in total. The lowest BCUT2D eigenvalue weighted by atomic mass is 10.2. The molecule has 0 spiro atoms. The fraction of sp³-hybridized carbons (Fsp3) is 0.429. The van der Waals surface area contributed by atoms with E-state index in [-0.39, 0.29) is 23.9 Å². The zero-order chi connectivity index (χ0) is 19.2. The van der Waals surface area contributed by atoms with Crippen molar-refractivity contribution in [3.63, 3.8) is 0 Å². The summed E-state index contributed by atoms with van der Waals surface area (Å²) in [6.45, 7) is 5.14. The number of carbonyl (C=O) groups excluding carboxylic acids is 2. The summed E-state index contributed by atoms with van der Waals surface area (Å²) in [5, 5.41) is 4.87. The van der Waals surface area contributed by atoms with Gasteiger partial charge in [0.2, 0.25) is 5.91 Å². The number of thiophene rings is 1. The Morgan fingerprint density at radius 2 is 2.04 bits per heavy atom. The molecule has 3 rings (SSSR count). The Kier molecular flexibility index (Phi) is 6.50. The Bertz CT molecular complexity index is 756. The summed E-state index contributed by atoms with van der Waals surface area (Å²) in [6.07, 6.45) is 2.44. The molecule has 0 saturated carbocycles. The highest BCUT2D eigenvalue weighted by molar-refractivity contribution is 7.10. The summed E-state index contributed by atoms with van der Waals surface area (Å²) in [5.74, 6) is 0.801. The summed E-state index contributed by atoms with van der Waals surface area (Å²) in [5.41, 5.74) is 0.615. The van der Waals surface area contributed by atoms with Crippen molar-refractivity contribution in [3.8, 4) is 5.75 Å². The predicted octanol–water partition coefficient (Wildman–Crippen LogP) is 3.50. The monoisotopic (exact) mass is 386 g/mol. The number of rotatable bonds is 7. The maximum absolute atomic E-state index is 12.6. The smallest absolute Gasteiger partial charge is 0.251 e. The van der Waals surface area contributed by atoms with Gasteiger partial charge in [-0.25, -0.2) is 0 Å². The first-order valence-electron chi connectivity index (χ1n) is 9.38. The Morgan fingerprint density at radius 1 is 1.26 bits per heavy atom. The fourth-order valence-corrected chi connectivity index (χ4v) is 3.94. The van der Waals surface area contributed by atoms with Crippen LogP contribution in [-0.4, -0.2) is 41.9 Å². The lowest BCUT2D eigenvalue weighted by molar-refractivity contribution is -0.131. The van der Waals surface area contributed by atoms with E-state index in [1.54, 1.807) is 23.5 Å². The van der Waals surface area contributed by atoms with Gasteiger partial charge in [0.25, 0.3) is 5.91 Å². The van der Waals surface area contributed by atoms with Crippen LogP contribution in [0, 0.1) is 0 Å². The summed E-state index contributed by atoms with van der Waals surface area (Å²) in [6, 6.07) is 11.3. The molecule has 0 bridgehead atoms. The highest BCUT2D eigenvalue weighted by atomic mass is 32.1. The molecule has 1 saturated heterocycles. The van der Waals surface area contributed by atoms with Gasteiger partial charge in [-0.05, 0) is 62.4 Å². The van der Waals surface area contributed by atoms with E-state index < -0.39 is 0 Å². The molecule has 27 heavy (non-hydrogen) atoms. The summed E-state index contributed by atoms with van der Waals surface area (Å²) >= 11 is 1.62. The molecule has 1 aromatic carbocycles. The number of nitrogens with zero attached hydrogens (tertiary/aromatic N) is 1. The van der Waals surface area contributed by atoms with Gasteiger partial charge in [0.15, 0.2) is 0 Å². The summed E-state index contributed by atoms with van der Waals surface area (Å²) < 4.78 is 5.90. The Morgan fingerprint density at radius 3 is 2.70 bits per heavy atom. The van der Waals surface area contributed by atoms with Crippen LogP contribution in [0.1, 0.15) is 41.9 Å². The van der Waals surface area contributed by atoms with E-state index in [4.69, 9.17) is 4.74 Å². The zero-order valence-electron chi connectivity index (χ0n) is 15.8. The van der Waals surface area contributed by atoms with Gasteiger partial charge >= 0.3 is 0 Å². The van der Waals surface area contributed by atoms with Gasteiger partial charge in [-0.3, -0.25) is 9.59 Å². The van der Waals surface area contributed by atoms with Crippen molar-refractivity contribution in [1.82, 2.24) is 10.2 Å². The predicted molar refractivity (Wildman–Crippen MR) is 107 cm³/mol. The molecule has 2 heterocycles. The fourth-order valence-electron chi connectivity index (χ4n) is 3.24. The maximum atomic E-state index is 12.6. The van der Waals surface area contributed by atoms with Crippen molar-refractivity contribution < 1.29 is 14.3 Å². The van der Waals surface area contributed by atoms with Crippen molar-refractivity contribution in [2.24, 2.45) is 0 Å². The van der Waals surface area contributed by atoms with Crippen LogP contribution in [0.25, 0.3) is 0 Å². The van der Waals surface area contributed by atoms with Crippen LogP contribution in [0.2, 0.25) is 0 Å². The Balaban J connectivity index is 1.52. The minimum absolute atomic E-state index is 0.0855. The molecule has 1 atom stereocenters. The summed E-state index contributed by atoms with van der Waals surface area (Å²) in [4.78, 5) is 27.6. The molecule has 1 aliphatic rings. The van der Waals surface area contributed by atoms with Crippen molar-refractivity contribution in [2.75, 3.05) is 13.2 Å². The average Bonchev–Trinajstić information content (AvgIpc) is 3.31. The van der Waals surface area contributed by atoms with Crippen molar-refractivity contribution >= 4 is 23.2 Å². The standard InChI is InChI=1S/C21H26N2O3S/c1-15(2)22-21(25)16-7-9-18(10-8-16)26-14-17-5-3-11-23(17)20(24)13-19-6-4-12-27-19/h4,6-10,12,15,17H,3,5,11,13-14H2,1-2H3,(H,22,25)/t17-/m0/s1. The molecule has 1 fully saturated rings. The molecule has 144 valence electrons. The number of hydrogen-bond acceptors (Lipinski definition) is 4. The van der Waals surface area contributed by atoms with Crippen LogP contribution in [0.4, 0.5) is 0 Å². The van der Waals surface area contributed by atoms with E-state index in [0.717, 1.165) is 24.3 Å². The number of likely N-dealkylation sites (tertiary alicyclic amines) is 1. The van der Waals surface area contributed by atoms with E-state index in [9.17, 15) is 9.59 Å². The third-order valence-corrected chi connectivity index (χ3v) is 5.46. The average molecular weight is 387 g/mol. The minimum atomic E-state index is -0.0855. The first-order chi connectivity index (χ1) is 13.0. The number of ether oxygens (including phenoxy) is 1. The first kappa shape index (κ1) is 19.4. The van der Waals surface area contributed by atoms with Crippen molar-refractivity contribution in [2.45, 2.75) is 45.2 Å². The van der Waals surface area contributed by atoms with Gasteiger partial charge in [0, 0.05) is 23.0 Å². The first-order valence-corrected chi connectivity index (χ1v) is 10.3. The third-order valence-electron chi connectivity index (χ3n) is 4.58. The van der Waals surface area contributed by atoms with E-state index in [2.05, 4.69) is 5.32 Å². The molecule has 0 aliphatic carbocycles. The SMILES string of the molecule is CC(C)NC(=O)c1ccc(OC[C@@H]2CCCN2C(=O)Cc2cccs2)cc1. The van der Waals surface area contributed by atoms with Crippen LogP contribution < -0.4 is 10.1 Å². The van der Waals surface area contributed by atoms with Gasteiger partial charge in [-0.15, -0.1) is 11.3 Å². The van der Waals surface area contributed by atoms with Crippen LogP contribution in [-0.2, 0) is 11.2 Å². The van der Waals surface area contributed by atoms with Crippen LogP contribution in [0.5, 0.6) is 5.75 Å². The highest BCUT2D eigenvalue weighted by Gasteiger charge is 2.29. The van der Waals surface area contributed by atoms with E-state index >= 15 is 0 Å². The van der Waals surface area contributed by atoms with Gasteiger partial charge in [-0.1, -0.05) is 6.07 Å². The largest absolute Gasteiger partial charge is 0.491 e. The Labute approximate surface area is 164 Å². The molecule has 0 radical (unpaired) electrons. The second kappa shape index (κ2) is 9.04. The normalized spacial score (nSPS) is 16.6. The minimum Gasteiger partial charge on any atom is -0.491 e. The third kappa shape index (κ3) is 5.32. The molecular weight excluding hydrogens is 360 g/mol. The van der Waals surface area contributed by atoms with Gasteiger partial charge in [0.05, 0.1) is 12.5 Å². The topological polar surface area (TPSA) is 58.6 Å². The molecular formula is C21H26N2O3S. The van der Waals surface area contributed by atoms with Crippen LogP contribution in [0.3, 0.4) is 0 Å². The molecule has 5 nitrogen and oxygen atoms in total. The second-order valence-corrected chi connectivity index (χ2v) is 8.14. The number of hydrogen-bond donors (Lipinski definition) is 1. The van der Waals surface area contributed by atoms with Crippen LogP contribution >= 0.6 is 11.3 Å². The quantitative estimate of drug-likeness (QED) is 0.792. The molecule has 6 heteroatoms. The molecule has 2 amide bonds. The van der Waals surface area contributed by atoms with E-state index in [1.165, 1.54) is 0 Å². The number of amides is 2. The molecule has 1 aliphatic heterocycles. The lowest BCUT2D eigenvalue weighted by Crippen LogP contribution is -2.39. The summed E-state index contributed by atoms with van der Waals surface area (Å²) in [7, 11) is 0. The van der Waals surface area contributed by atoms with Gasteiger partial charge in [-0.2, -0.15) is 0 Å². The molecule has 2 aromatic rings. The maximum Gasteiger partial charge on any atom is 0.251 e. The highest BCUT2D eigenvalue weighted by Crippen LogP contribution is 2.21. The van der Waals surface area contributed by atoms with Crippen molar-refractivity contribution in [1.29, 1.82) is 0 Å². The van der Waals surface area contributed by atoms with Gasteiger partial charge in [0.1, 0.15) is 12.4 Å². The second-order valence-electron chi connectivity index (χ2n) is 7.10. The lowest BCUT2D eigenvalue weighted by Gasteiger charge is -2.24. The zero-order valence-corrected chi connectivity index (χ0v) is 16.6. The number of nitrogens with one attached hydrogen (secondary N) is 1. The van der Waals surface area contributed by atoms with Crippen LogP contribution in [0.15, 0.2) is 41.8 Å². The van der Waals surface area contributed by atoms with Crippen molar-refractivity contribution in [3.05, 3.63) is 52.2 Å². The molecule has 1 aromatic heterocycles. The van der Waals surface area contributed by atoms with Gasteiger partial charge < -0.3 is 15.0 Å². The Hall–Kier alpha value is -2.34. The number of carbonyl (C=O) groups is 2. The van der Waals surface area contributed by atoms with E-state index in [1.807, 2.05) is 48.4 Å². The van der Waals surface area contributed by atoms with E-state index in [0.29, 0.717) is 24.3 Å². The number of benzene rings is 1. The molecule has 0 unspecified atom stereocenters.